The van der Waals surface area contributed by atoms with Gasteiger partial charge in [0.25, 0.3) is 5.91 Å². The summed E-state index contributed by atoms with van der Waals surface area (Å²) in [6.07, 6.45) is 4.21. The number of aromatic nitrogens is 1. The zero-order valence-corrected chi connectivity index (χ0v) is 10.1. The van der Waals surface area contributed by atoms with E-state index in [-0.39, 0.29) is 17.8 Å². The summed E-state index contributed by atoms with van der Waals surface area (Å²) in [7, 11) is 0. The van der Waals surface area contributed by atoms with Crippen molar-refractivity contribution < 1.29 is 10.0 Å². The van der Waals surface area contributed by atoms with E-state index in [1.165, 1.54) is 11.3 Å². The molecule has 3 N–H and O–H groups in total. The largest absolute Gasteiger partial charge is 0.409 e. The topological polar surface area (TPSA) is 91.8 Å². The summed E-state index contributed by atoms with van der Waals surface area (Å²) in [4.78, 5) is 18.3. The van der Waals surface area contributed by atoms with Gasteiger partial charge in [-0.1, -0.05) is 5.16 Å². The molecule has 0 bridgehead atoms. The van der Waals surface area contributed by atoms with Crippen LogP contribution < -0.4 is 5.73 Å². The normalized spacial score (nSPS) is 21.5. The number of hydrogen-bond acceptors (Lipinski definition) is 5. The van der Waals surface area contributed by atoms with Gasteiger partial charge in [-0.25, -0.2) is 0 Å². The molecule has 0 radical (unpaired) electrons. The molecular weight excluding hydrogens is 240 g/mol. The Hall–Kier alpha value is -1.63. The Morgan fingerprint density at radius 3 is 3.12 bits per heavy atom. The minimum atomic E-state index is -0.302. The van der Waals surface area contributed by atoms with E-state index in [0.717, 1.165) is 19.3 Å². The molecule has 1 amide bonds. The summed E-state index contributed by atoms with van der Waals surface area (Å²) in [6, 6.07) is -0.302. The zero-order valence-electron chi connectivity index (χ0n) is 9.24. The second-order valence-electron chi connectivity index (χ2n) is 3.90. The van der Waals surface area contributed by atoms with Crippen molar-refractivity contribution in [2.75, 3.05) is 6.54 Å². The lowest BCUT2D eigenvalue weighted by atomic mass is 10.0. The highest BCUT2D eigenvalue weighted by Gasteiger charge is 2.30. The van der Waals surface area contributed by atoms with Gasteiger partial charge in [-0.15, -0.1) is 11.3 Å². The van der Waals surface area contributed by atoms with E-state index < -0.39 is 0 Å². The monoisotopic (exact) mass is 254 g/mol. The van der Waals surface area contributed by atoms with Gasteiger partial charge < -0.3 is 15.8 Å². The maximum absolute atomic E-state index is 12.2. The van der Waals surface area contributed by atoms with Crippen LogP contribution in [0.15, 0.2) is 16.9 Å². The summed E-state index contributed by atoms with van der Waals surface area (Å²) in [5, 5.41) is 11.7. The molecule has 6 nitrogen and oxygen atoms in total. The van der Waals surface area contributed by atoms with Crippen LogP contribution in [0.5, 0.6) is 0 Å². The summed E-state index contributed by atoms with van der Waals surface area (Å²) in [6.45, 7) is 0.637. The molecule has 0 aliphatic carbocycles. The van der Waals surface area contributed by atoms with Crippen LogP contribution in [0, 0.1) is 0 Å². The van der Waals surface area contributed by atoms with Gasteiger partial charge in [0.2, 0.25) is 0 Å². The van der Waals surface area contributed by atoms with Crippen LogP contribution >= 0.6 is 11.3 Å². The molecule has 92 valence electrons. The predicted molar refractivity (Wildman–Crippen MR) is 64.2 cm³/mol. The lowest BCUT2D eigenvalue weighted by Crippen LogP contribution is -2.50. The molecule has 7 heteroatoms. The standard InChI is InChI=1S/C10H14N4O2S/c11-9(13-16)7-3-1-2-4-14(7)10(15)8-5-12-6-17-8/h5-7,16H,1-4H2,(H2,11,13). The Labute approximate surface area is 103 Å². The number of piperidine rings is 1. The third-order valence-corrected chi connectivity index (χ3v) is 3.62. The van der Waals surface area contributed by atoms with Crippen molar-refractivity contribution in [3.63, 3.8) is 0 Å². The number of carbonyl (C=O) groups is 1. The van der Waals surface area contributed by atoms with Gasteiger partial charge in [0.15, 0.2) is 5.84 Å². The van der Waals surface area contributed by atoms with Gasteiger partial charge in [0.05, 0.1) is 17.7 Å². The van der Waals surface area contributed by atoms with E-state index in [2.05, 4.69) is 10.1 Å². The van der Waals surface area contributed by atoms with Crippen LogP contribution in [0.1, 0.15) is 28.9 Å². The van der Waals surface area contributed by atoms with Crippen LogP contribution in [0.3, 0.4) is 0 Å². The molecule has 1 aliphatic heterocycles. The highest BCUT2D eigenvalue weighted by Crippen LogP contribution is 2.21. The average Bonchev–Trinajstić information content (AvgIpc) is 2.91. The molecule has 2 rings (SSSR count). The third kappa shape index (κ3) is 2.38. The number of thiazole rings is 1. The highest BCUT2D eigenvalue weighted by molar-refractivity contribution is 7.11. The first-order chi connectivity index (χ1) is 8.24. The van der Waals surface area contributed by atoms with E-state index in [4.69, 9.17) is 10.9 Å². The Morgan fingerprint density at radius 2 is 2.47 bits per heavy atom. The van der Waals surface area contributed by atoms with E-state index in [1.807, 2.05) is 0 Å². The van der Waals surface area contributed by atoms with E-state index in [0.29, 0.717) is 11.4 Å². The summed E-state index contributed by atoms with van der Waals surface area (Å²) < 4.78 is 0. The molecule has 17 heavy (non-hydrogen) atoms. The zero-order chi connectivity index (χ0) is 12.3. The summed E-state index contributed by atoms with van der Waals surface area (Å²) in [5.41, 5.74) is 7.24. The van der Waals surface area contributed by atoms with Gasteiger partial charge in [-0.2, -0.15) is 0 Å². The molecule has 0 aromatic carbocycles. The molecular formula is C10H14N4O2S. The molecule has 2 heterocycles. The number of nitrogens with two attached hydrogens (primary N) is 1. The lowest BCUT2D eigenvalue weighted by Gasteiger charge is -2.34. The highest BCUT2D eigenvalue weighted by atomic mass is 32.1. The molecule has 1 fully saturated rings. The lowest BCUT2D eigenvalue weighted by molar-refractivity contribution is 0.0681. The van der Waals surface area contributed by atoms with Crippen LogP contribution in [0.25, 0.3) is 0 Å². The molecule has 0 spiro atoms. The molecule has 1 atom stereocenters. The molecule has 1 saturated heterocycles. The van der Waals surface area contributed by atoms with Gasteiger partial charge in [0.1, 0.15) is 4.88 Å². The fourth-order valence-corrected chi connectivity index (χ4v) is 2.59. The minimum Gasteiger partial charge on any atom is -0.409 e. The Morgan fingerprint density at radius 1 is 1.65 bits per heavy atom. The van der Waals surface area contributed by atoms with Crippen molar-refractivity contribution in [2.24, 2.45) is 10.9 Å². The minimum absolute atomic E-state index is 0.0937. The predicted octanol–water partition coefficient (Wildman–Crippen LogP) is 0.884. The van der Waals surface area contributed by atoms with E-state index in [9.17, 15) is 4.79 Å². The first-order valence-electron chi connectivity index (χ1n) is 5.41. The van der Waals surface area contributed by atoms with Gasteiger partial charge in [0, 0.05) is 6.54 Å². The fourth-order valence-electron chi connectivity index (χ4n) is 2.01. The van der Waals surface area contributed by atoms with E-state index in [1.54, 1.807) is 16.6 Å². The van der Waals surface area contributed by atoms with Gasteiger partial charge in [-0.05, 0) is 19.3 Å². The molecule has 1 unspecified atom stereocenters. The van der Waals surface area contributed by atoms with Gasteiger partial charge >= 0.3 is 0 Å². The Kier molecular flexibility index (Phi) is 3.58. The maximum atomic E-state index is 12.2. The van der Waals surface area contributed by atoms with Crippen molar-refractivity contribution in [1.82, 2.24) is 9.88 Å². The Bertz CT molecular complexity index is 418. The number of amidine groups is 1. The van der Waals surface area contributed by atoms with Crippen molar-refractivity contribution in [2.45, 2.75) is 25.3 Å². The maximum Gasteiger partial charge on any atom is 0.266 e. The van der Waals surface area contributed by atoms with Crippen molar-refractivity contribution in [3.8, 4) is 0 Å². The van der Waals surface area contributed by atoms with E-state index >= 15 is 0 Å². The molecule has 0 saturated carbocycles. The SMILES string of the molecule is NC(=NO)C1CCCCN1C(=O)c1cncs1. The average molecular weight is 254 g/mol. The fraction of sp³-hybridized carbons (Fsp3) is 0.500. The number of likely N-dealkylation sites (tertiary alicyclic amines) is 1. The first kappa shape index (κ1) is 11.8. The van der Waals surface area contributed by atoms with Crippen molar-refractivity contribution in [1.29, 1.82) is 0 Å². The number of rotatable bonds is 2. The van der Waals surface area contributed by atoms with Crippen molar-refractivity contribution >= 4 is 23.1 Å². The van der Waals surface area contributed by atoms with Crippen LogP contribution in [0.4, 0.5) is 0 Å². The second-order valence-corrected chi connectivity index (χ2v) is 4.79. The number of amides is 1. The number of oxime groups is 1. The smallest absolute Gasteiger partial charge is 0.266 e. The quantitative estimate of drug-likeness (QED) is 0.355. The first-order valence-corrected chi connectivity index (χ1v) is 6.29. The van der Waals surface area contributed by atoms with Crippen molar-refractivity contribution in [3.05, 3.63) is 16.6 Å². The van der Waals surface area contributed by atoms with Crippen LogP contribution in [-0.4, -0.2) is 39.4 Å². The molecule has 1 aromatic rings. The molecule has 1 aliphatic rings. The second kappa shape index (κ2) is 5.13. The number of carbonyl (C=O) groups excluding carboxylic acids is 1. The summed E-state index contributed by atoms with van der Waals surface area (Å²) in [5.74, 6) is 0.00589. The summed E-state index contributed by atoms with van der Waals surface area (Å²) >= 11 is 1.30. The number of nitrogens with zero attached hydrogens (tertiary/aromatic N) is 3. The third-order valence-electron chi connectivity index (χ3n) is 2.86. The van der Waals surface area contributed by atoms with Gasteiger partial charge in [-0.3, -0.25) is 9.78 Å². The number of hydrogen-bond donors (Lipinski definition) is 2. The van der Waals surface area contributed by atoms with Crippen LogP contribution in [-0.2, 0) is 0 Å². The van der Waals surface area contributed by atoms with Crippen LogP contribution in [0.2, 0.25) is 0 Å². The Balaban J connectivity index is 2.19. The molecule has 1 aromatic heterocycles.